The fourth-order valence-corrected chi connectivity index (χ4v) is 27.4. The van der Waals surface area contributed by atoms with Gasteiger partial charge in [-0.3, -0.25) is 0 Å². The van der Waals surface area contributed by atoms with Crippen molar-refractivity contribution in [3.63, 3.8) is 0 Å². The Bertz CT molecular complexity index is 10300. The first-order valence-electron chi connectivity index (χ1n) is 51.8. The summed E-state index contributed by atoms with van der Waals surface area (Å²) in [5, 5.41) is 26.3. The monoisotopic (exact) mass is 1960 g/mol. The number of hydrogen-bond donors (Lipinski definition) is 0. The first kappa shape index (κ1) is 92.2. The van der Waals surface area contributed by atoms with Crippen LogP contribution in [0.2, 0.25) is 0 Å². The summed E-state index contributed by atoms with van der Waals surface area (Å²) in [6, 6.07) is 159. The van der Waals surface area contributed by atoms with Crippen molar-refractivity contribution in [3.8, 4) is 112 Å². The molecule has 28 aromatic rings. The SMILES string of the molecule is CC(C)(C)c1ccc2c(c1)c1cc(C(C)(C)C)ccc1c1nc(-c3cccc(-c4cccc5c4sc4ccccc45)c3)ccc21.Cc1cc(C)c(-c2ccc3c(c2)c2cc(-c4c(C)cc(C)cc4C)ccc2c2nc(-c4cccc(-c5cccc6c5sc5ccccc56)c4)ccc32)c(C)c1.c1ccc(-c2ccc3c(c2)c2cc(-c4ccccc4)ccc2c2nc(-c4cccc(-c5cccc6c5sc5ccccc56)c4)ccc32)cc1. The Kier molecular flexibility index (Phi) is 22.7. The maximum absolute atomic E-state index is 5.53. The maximum Gasteiger partial charge on any atom is 0.0794 e. The topological polar surface area (TPSA) is 38.7 Å². The average Bonchev–Trinajstić information content (AvgIpc) is 1.72. The molecule has 0 bridgehead atoms. The largest absolute Gasteiger partial charge is 0.247 e. The highest BCUT2D eigenvalue weighted by atomic mass is 32.1. The maximum atomic E-state index is 5.53. The van der Waals surface area contributed by atoms with E-state index in [0.29, 0.717) is 0 Å². The Morgan fingerprint density at radius 2 is 0.416 bits per heavy atom. The van der Waals surface area contributed by atoms with Crippen LogP contribution in [0.25, 0.3) is 270 Å². The Hall–Kier alpha value is -16.7. The van der Waals surface area contributed by atoms with Crippen LogP contribution in [-0.4, -0.2) is 15.0 Å². The number of hydrogen-bond acceptors (Lipinski definition) is 6. The van der Waals surface area contributed by atoms with Gasteiger partial charge in [-0.25, -0.2) is 15.0 Å². The number of pyridine rings is 3. The van der Waals surface area contributed by atoms with Crippen molar-refractivity contribution in [2.45, 2.75) is 93.9 Å². The summed E-state index contributed by atoms with van der Waals surface area (Å²) >= 11 is 5.63. The summed E-state index contributed by atoms with van der Waals surface area (Å²) in [5.41, 5.74) is 37.6. The molecule has 6 aromatic heterocycles. The van der Waals surface area contributed by atoms with E-state index in [1.54, 1.807) is 0 Å². The molecule has 0 amide bonds. The van der Waals surface area contributed by atoms with Gasteiger partial charge < -0.3 is 0 Å². The number of thiophene rings is 3. The Morgan fingerprint density at radius 1 is 0.168 bits per heavy atom. The van der Waals surface area contributed by atoms with Crippen LogP contribution in [0.1, 0.15) is 86.1 Å². The van der Waals surface area contributed by atoms with Crippen LogP contribution < -0.4 is 0 Å². The third-order valence-electron chi connectivity index (χ3n) is 30.8. The van der Waals surface area contributed by atoms with Crippen molar-refractivity contribution in [2.75, 3.05) is 0 Å². The standard InChI is InChI=1S/C53H41NS.C47H29NS.C43H37NS/c1-30-23-32(3)50(33(4)24-30)38-17-19-41-43-21-22-48(37-12-9-11-36(27-37)40-14-10-15-45-42-13-7-8-16-49(42)55-53(40)45)54-52(43)44-20-18-39(29-47(44)46(41)28-38)51-34(5)25-31(2)26-35(51)6;1-3-11-30(12-4-1)32-21-23-37-39-25-26-44(48-46(39)40-24-22-33(29-43(40)42(37)28-32)31-13-5-2-6-14-31)35-16-9-15-34(27-35)36-18-10-19-41-38-17-7-8-20-45(38)49-47(36)41;1-42(2,3)28-17-19-31-33-21-22-38(44-40(33)34-20-18-29(43(4,5)6)25-37(34)36(31)24-28)27-12-9-11-26(23-27)30-14-10-15-35-32-13-7-8-16-39(32)45-41(30)35/h7-29H,1-6H3;1-29H;7-25H,1-6H3. The van der Waals surface area contributed by atoms with Crippen LogP contribution in [-0.2, 0) is 10.8 Å². The van der Waals surface area contributed by atoms with E-state index in [-0.39, 0.29) is 10.8 Å². The van der Waals surface area contributed by atoms with Crippen molar-refractivity contribution in [2.24, 2.45) is 0 Å². The molecule has 0 saturated heterocycles. The highest BCUT2D eigenvalue weighted by Gasteiger charge is 2.26. The lowest BCUT2D eigenvalue weighted by molar-refractivity contribution is 0.590. The van der Waals surface area contributed by atoms with Crippen LogP contribution in [0.3, 0.4) is 0 Å². The first-order chi connectivity index (χ1) is 72.6. The lowest BCUT2D eigenvalue weighted by Crippen LogP contribution is -2.11. The van der Waals surface area contributed by atoms with Gasteiger partial charge in [0.05, 0.1) is 33.6 Å². The molecule has 0 radical (unpaired) electrons. The zero-order chi connectivity index (χ0) is 101. The van der Waals surface area contributed by atoms with Gasteiger partial charge in [0.25, 0.3) is 0 Å². The van der Waals surface area contributed by atoms with E-state index >= 15 is 0 Å². The third-order valence-corrected chi connectivity index (χ3v) is 34.5. The van der Waals surface area contributed by atoms with Crippen molar-refractivity contribution < 1.29 is 0 Å². The summed E-state index contributed by atoms with van der Waals surface area (Å²) in [6.07, 6.45) is 0. The van der Waals surface area contributed by atoms with Crippen molar-refractivity contribution in [1.82, 2.24) is 15.0 Å². The van der Waals surface area contributed by atoms with Gasteiger partial charge in [-0.2, -0.15) is 0 Å². The second-order valence-corrected chi connectivity index (χ2v) is 45.9. The smallest absolute Gasteiger partial charge is 0.0794 e. The molecule has 6 heteroatoms. The summed E-state index contributed by atoms with van der Waals surface area (Å²) in [4.78, 5) is 16.4. The number of aromatic nitrogens is 3. The van der Waals surface area contributed by atoms with Gasteiger partial charge >= 0.3 is 0 Å². The molecule has 28 rings (SSSR count). The van der Waals surface area contributed by atoms with Gasteiger partial charge in [0.2, 0.25) is 0 Å². The number of aryl methyl sites for hydroxylation is 6. The lowest BCUT2D eigenvalue weighted by atomic mass is 9.82. The lowest BCUT2D eigenvalue weighted by Gasteiger charge is -2.22. The van der Waals surface area contributed by atoms with Crippen LogP contribution in [0.15, 0.2) is 431 Å². The molecule has 6 heterocycles. The van der Waals surface area contributed by atoms with Gasteiger partial charge in [0, 0.05) is 110 Å². The van der Waals surface area contributed by atoms with E-state index < -0.39 is 0 Å². The average molecular weight is 1960 g/mol. The van der Waals surface area contributed by atoms with E-state index in [9.17, 15) is 0 Å². The molecule has 0 saturated carbocycles. The Labute approximate surface area is 880 Å². The molecule has 22 aromatic carbocycles. The fraction of sp³-hybridized carbons (Fsp3) is 0.0979. The molecule has 0 N–H and O–H groups in total. The molecule has 0 aliphatic rings. The third kappa shape index (κ3) is 16.4. The van der Waals surface area contributed by atoms with Crippen LogP contribution in [0.4, 0.5) is 0 Å². The van der Waals surface area contributed by atoms with Crippen LogP contribution in [0, 0.1) is 41.5 Å². The number of nitrogens with zero attached hydrogens (tertiary/aromatic N) is 3. The minimum absolute atomic E-state index is 0.0596. The zero-order valence-electron chi connectivity index (χ0n) is 85.6. The molecule has 3 nitrogen and oxygen atoms in total. The van der Waals surface area contributed by atoms with Crippen LogP contribution in [0.5, 0.6) is 0 Å². The normalized spacial score (nSPS) is 12.0. The Morgan fingerprint density at radius 3 is 0.765 bits per heavy atom. The molecule has 712 valence electrons. The van der Waals surface area contributed by atoms with Crippen molar-refractivity contribution in [3.05, 3.63) is 475 Å². The predicted molar refractivity (Wildman–Crippen MR) is 649 cm³/mol. The minimum atomic E-state index is 0.0596. The van der Waals surface area contributed by atoms with E-state index in [2.05, 4.69) is 514 Å². The molecule has 0 unspecified atom stereocenters. The molecule has 0 fully saturated rings. The molecule has 0 spiro atoms. The Balaban J connectivity index is 0.000000113. The van der Waals surface area contributed by atoms with E-state index in [0.717, 1.165) is 50.3 Å². The highest BCUT2D eigenvalue weighted by Crippen LogP contribution is 2.50. The molecular formula is C143H107N3S3. The van der Waals surface area contributed by atoms with E-state index in [4.69, 9.17) is 15.0 Å². The molecular weight excluding hydrogens is 1860 g/mol. The predicted octanol–water partition coefficient (Wildman–Crippen LogP) is 41.8. The van der Waals surface area contributed by atoms with Gasteiger partial charge in [-0.05, 0) is 321 Å². The van der Waals surface area contributed by atoms with Gasteiger partial charge in [0.15, 0.2) is 0 Å². The highest BCUT2D eigenvalue weighted by molar-refractivity contribution is 7.27. The number of benzene rings is 22. The molecule has 0 aliphatic heterocycles. The first-order valence-corrected chi connectivity index (χ1v) is 54.2. The van der Waals surface area contributed by atoms with Crippen molar-refractivity contribution >= 4 is 192 Å². The van der Waals surface area contributed by atoms with Gasteiger partial charge in [-0.1, -0.05) is 374 Å². The summed E-state index contributed by atoms with van der Waals surface area (Å²) < 4.78 is 7.97. The summed E-state index contributed by atoms with van der Waals surface area (Å²) in [7, 11) is 0. The second kappa shape index (κ2) is 36.7. The zero-order valence-corrected chi connectivity index (χ0v) is 88.0. The van der Waals surface area contributed by atoms with Gasteiger partial charge in [0.1, 0.15) is 0 Å². The summed E-state index contributed by atoms with van der Waals surface area (Å²) in [5.74, 6) is 0. The number of fused-ring (bicyclic) bond motifs is 27. The fourth-order valence-electron chi connectivity index (χ4n) is 23.7. The van der Waals surface area contributed by atoms with E-state index in [1.165, 1.54) is 264 Å². The summed E-state index contributed by atoms with van der Waals surface area (Å²) in [6.45, 7) is 27.1. The molecule has 0 aliphatic carbocycles. The second-order valence-electron chi connectivity index (χ2n) is 42.7. The minimum Gasteiger partial charge on any atom is -0.247 e. The number of rotatable bonds is 10. The molecule has 149 heavy (non-hydrogen) atoms. The van der Waals surface area contributed by atoms with Crippen LogP contribution >= 0.6 is 34.0 Å². The van der Waals surface area contributed by atoms with Gasteiger partial charge in [-0.15, -0.1) is 34.0 Å². The molecule has 0 atom stereocenters. The quantitative estimate of drug-likeness (QED) is 0.128. The van der Waals surface area contributed by atoms with E-state index in [1.807, 2.05) is 34.0 Å². The van der Waals surface area contributed by atoms with Crippen molar-refractivity contribution in [1.29, 1.82) is 0 Å².